The van der Waals surface area contributed by atoms with E-state index in [1.807, 2.05) is 24.3 Å². The van der Waals surface area contributed by atoms with Crippen molar-refractivity contribution in [1.29, 1.82) is 0 Å². The van der Waals surface area contributed by atoms with Crippen LogP contribution in [0.5, 0.6) is 0 Å². The number of nitrogens with zero attached hydrogens (tertiary/aromatic N) is 1. The lowest BCUT2D eigenvalue weighted by atomic mass is 10.0. The van der Waals surface area contributed by atoms with Gasteiger partial charge in [-0.1, -0.05) is 24.3 Å². The van der Waals surface area contributed by atoms with Crippen molar-refractivity contribution in [3.8, 4) is 0 Å². The Balaban J connectivity index is 2.15. The zero-order valence-corrected chi connectivity index (χ0v) is 10.4. The van der Waals surface area contributed by atoms with Crippen LogP contribution in [0.25, 0.3) is 10.8 Å². The van der Waals surface area contributed by atoms with Crippen LogP contribution >= 0.6 is 0 Å². The number of aliphatic hydroxyl groups is 1. The Morgan fingerprint density at radius 3 is 2.80 bits per heavy atom. The topological polar surface area (TPSA) is 83.6 Å². The minimum atomic E-state index is -1.17. The van der Waals surface area contributed by atoms with E-state index in [1.54, 1.807) is 6.20 Å². The highest BCUT2D eigenvalue weighted by atomic mass is 16.4. The summed E-state index contributed by atoms with van der Waals surface area (Å²) in [5, 5.41) is 21.2. The maximum atomic E-state index is 11.1. The zero-order chi connectivity index (χ0) is 14.1. The molecule has 0 spiro atoms. The zero-order valence-electron chi connectivity index (χ0n) is 10.4. The number of furan rings is 1. The van der Waals surface area contributed by atoms with Gasteiger partial charge in [-0.15, -0.1) is 0 Å². The van der Waals surface area contributed by atoms with E-state index in [9.17, 15) is 9.90 Å². The molecule has 0 radical (unpaired) electrons. The van der Waals surface area contributed by atoms with Crippen molar-refractivity contribution in [2.24, 2.45) is 0 Å². The van der Waals surface area contributed by atoms with E-state index >= 15 is 0 Å². The van der Waals surface area contributed by atoms with Crippen LogP contribution < -0.4 is 0 Å². The molecule has 100 valence electrons. The SMILES string of the molecule is O=C(O)c1ccoc1C(O)c1cncc2ccccc12. The molecule has 1 aromatic carbocycles. The first-order valence-electron chi connectivity index (χ1n) is 6.00. The molecule has 5 nitrogen and oxygen atoms in total. The Hall–Kier alpha value is -2.66. The molecule has 2 aromatic heterocycles. The molecular formula is C15H11NO4. The summed E-state index contributed by atoms with van der Waals surface area (Å²) in [6.07, 6.45) is 3.28. The lowest BCUT2D eigenvalue weighted by Gasteiger charge is -2.12. The number of pyridine rings is 1. The maximum Gasteiger partial charge on any atom is 0.339 e. The van der Waals surface area contributed by atoms with Gasteiger partial charge in [-0.2, -0.15) is 0 Å². The Morgan fingerprint density at radius 1 is 1.20 bits per heavy atom. The summed E-state index contributed by atoms with van der Waals surface area (Å²) in [5.74, 6) is -1.13. The van der Waals surface area contributed by atoms with Crippen molar-refractivity contribution in [2.75, 3.05) is 0 Å². The fraction of sp³-hybridized carbons (Fsp3) is 0.0667. The van der Waals surface area contributed by atoms with Crippen LogP contribution in [0.15, 0.2) is 53.4 Å². The highest BCUT2D eigenvalue weighted by Crippen LogP contribution is 2.30. The predicted molar refractivity (Wildman–Crippen MR) is 71.5 cm³/mol. The molecule has 0 aliphatic rings. The van der Waals surface area contributed by atoms with E-state index in [-0.39, 0.29) is 11.3 Å². The number of aromatic nitrogens is 1. The third kappa shape index (κ3) is 1.94. The fourth-order valence-electron chi connectivity index (χ4n) is 2.21. The standard InChI is InChI=1S/C15H11NO4/c17-13(14-11(15(18)19)5-6-20-14)12-8-16-7-9-3-1-2-4-10(9)12/h1-8,13,17H,(H,18,19). The third-order valence-electron chi connectivity index (χ3n) is 3.17. The molecule has 0 amide bonds. The minimum Gasteiger partial charge on any atom is -0.478 e. The van der Waals surface area contributed by atoms with Crippen LogP contribution in [0.1, 0.15) is 27.8 Å². The molecule has 2 heterocycles. The van der Waals surface area contributed by atoms with Gasteiger partial charge in [0.25, 0.3) is 0 Å². The van der Waals surface area contributed by atoms with Crippen molar-refractivity contribution in [1.82, 2.24) is 4.98 Å². The molecule has 0 fully saturated rings. The number of carboxylic acids is 1. The molecule has 0 bridgehead atoms. The van der Waals surface area contributed by atoms with Gasteiger partial charge in [-0.3, -0.25) is 4.98 Å². The first-order valence-corrected chi connectivity index (χ1v) is 6.00. The van der Waals surface area contributed by atoms with Crippen LogP contribution in [0.4, 0.5) is 0 Å². The summed E-state index contributed by atoms with van der Waals surface area (Å²) >= 11 is 0. The highest BCUT2D eigenvalue weighted by Gasteiger charge is 2.23. The number of aliphatic hydroxyl groups excluding tert-OH is 1. The molecule has 0 aliphatic heterocycles. The van der Waals surface area contributed by atoms with Gasteiger partial charge in [0.05, 0.1) is 6.26 Å². The van der Waals surface area contributed by atoms with Crippen LogP contribution in [0, 0.1) is 0 Å². The second-order valence-corrected chi connectivity index (χ2v) is 4.36. The van der Waals surface area contributed by atoms with Crippen molar-refractivity contribution in [3.63, 3.8) is 0 Å². The summed E-state index contributed by atoms with van der Waals surface area (Å²) in [7, 11) is 0. The smallest absolute Gasteiger partial charge is 0.339 e. The van der Waals surface area contributed by atoms with E-state index in [4.69, 9.17) is 9.52 Å². The van der Waals surface area contributed by atoms with Crippen molar-refractivity contribution in [2.45, 2.75) is 6.10 Å². The number of fused-ring (bicyclic) bond motifs is 1. The lowest BCUT2D eigenvalue weighted by molar-refractivity contribution is 0.0687. The van der Waals surface area contributed by atoms with Crippen LogP contribution in [-0.4, -0.2) is 21.2 Å². The van der Waals surface area contributed by atoms with Crippen molar-refractivity contribution < 1.29 is 19.4 Å². The molecule has 3 rings (SSSR count). The number of rotatable bonds is 3. The van der Waals surface area contributed by atoms with Gasteiger partial charge in [-0.05, 0) is 11.5 Å². The number of carbonyl (C=O) groups is 1. The van der Waals surface area contributed by atoms with Crippen LogP contribution in [-0.2, 0) is 0 Å². The van der Waals surface area contributed by atoms with E-state index in [2.05, 4.69) is 4.98 Å². The van der Waals surface area contributed by atoms with E-state index in [1.165, 1.54) is 18.5 Å². The van der Waals surface area contributed by atoms with Gasteiger partial charge in [-0.25, -0.2) is 4.79 Å². The van der Waals surface area contributed by atoms with E-state index in [0.717, 1.165) is 10.8 Å². The van der Waals surface area contributed by atoms with Gasteiger partial charge in [0, 0.05) is 23.3 Å². The minimum absolute atomic E-state index is 0.00986. The molecule has 0 saturated carbocycles. The summed E-state index contributed by atoms with van der Waals surface area (Å²) in [5.41, 5.74) is 0.464. The van der Waals surface area contributed by atoms with Gasteiger partial charge in [0.2, 0.25) is 0 Å². The second kappa shape index (κ2) is 4.79. The number of benzene rings is 1. The summed E-state index contributed by atoms with van der Waals surface area (Å²) in [6.45, 7) is 0. The maximum absolute atomic E-state index is 11.1. The first-order chi connectivity index (χ1) is 9.68. The van der Waals surface area contributed by atoms with Gasteiger partial charge in [0.15, 0.2) is 5.76 Å². The average molecular weight is 269 g/mol. The summed E-state index contributed by atoms with van der Waals surface area (Å²) < 4.78 is 5.13. The number of carboxylic acid groups (broad SMARTS) is 1. The normalized spacial score (nSPS) is 12.4. The third-order valence-corrected chi connectivity index (χ3v) is 3.17. The quantitative estimate of drug-likeness (QED) is 0.763. The average Bonchev–Trinajstić information content (AvgIpc) is 2.95. The second-order valence-electron chi connectivity index (χ2n) is 4.36. The van der Waals surface area contributed by atoms with Crippen LogP contribution in [0.3, 0.4) is 0 Å². The predicted octanol–water partition coefficient (Wildman–Crippen LogP) is 2.61. The molecule has 2 N–H and O–H groups in total. The van der Waals surface area contributed by atoms with Crippen molar-refractivity contribution >= 4 is 16.7 Å². The van der Waals surface area contributed by atoms with Gasteiger partial charge < -0.3 is 14.6 Å². The molecule has 20 heavy (non-hydrogen) atoms. The molecule has 3 aromatic rings. The molecular weight excluding hydrogens is 258 g/mol. The highest BCUT2D eigenvalue weighted by molar-refractivity contribution is 5.90. The molecule has 0 saturated heterocycles. The molecule has 1 unspecified atom stereocenters. The Kier molecular flexibility index (Phi) is 2.96. The molecule has 0 aliphatic carbocycles. The van der Waals surface area contributed by atoms with Gasteiger partial charge >= 0.3 is 5.97 Å². The lowest BCUT2D eigenvalue weighted by Crippen LogP contribution is -2.06. The summed E-state index contributed by atoms with van der Waals surface area (Å²) in [4.78, 5) is 15.2. The Bertz CT molecular complexity index is 773. The number of aromatic carboxylic acids is 1. The van der Waals surface area contributed by atoms with Crippen molar-refractivity contribution in [3.05, 3.63) is 65.9 Å². The Labute approximate surface area is 114 Å². The monoisotopic (exact) mass is 269 g/mol. The fourth-order valence-corrected chi connectivity index (χ4v) is 2.21. The number of hydrogen-bond acceptors (Lipinski definition) is 4. The molecule has 1 atom stereocenters. The summed E-state index contributed by atoms with van der Waals surface area (Å²) in [6, 6.07) is 8.76. The van der Waals surface area contributed by atoms with Gasteiger partial charge in [0.1, 0.15) is 11.7 Å². The van der Waals surface area contributed by atoms with E-state index < -0.39 is 12.1 Å². The number of hydrogen-bond donors (Lipinski definition) is 2. The first kappa shape index (κ1) is 12.4. The van der Waals surface area contributed by atoms with Crippen LogP contribution in [0.2, 0.25) is 0 Å². The largest absolute Gasteiger partial charge is 0.478 e. The molecule has 5 heteroatoms. The Morgan fingerprint density at radius 2 is 2.00 bits per heavy atom. The van der Waals surface area contributed by atoms with E-state index in [0.29, 0.717) is 5.56 Å².